The number of aliphatic hydroxyl groups is 1. The summed E-state index contributed by atoms with van der Waals surface area (Å²) in [7, 11) is -3.02. The van der Waals surface area contributed by atoms with E-state index in [1.165, 1.54) is 17.8 Å². The Kier molecular flexibility index (Phi) is 7.14. The molecule has 0 radical (unpaired) electrons. The van der Waals surface area contributed by atoms with E-state index < -0.39 is 38.5 Å². The van der Waals surface area contributed by atoms with Crippen molar-refractivity contribution in [1.82, 2.24) is 14.9 Å². The fourth-order valence-corrected chi connectivity index (χ4v) is 4.58. The molecule has 0 amide bonds. The zero-order valence-corrected chi connectivity index (χ0v) is 18.1. The van der Waals surface area contributed by atoms with Crippen LogP contribution in [0.4, 0.5) is 5.82 Å². The van der Waals surface area contributed by atoms with Crippen LogP contribution in [0.3, 0.4) is 0 Å². The average Bonchev–Trinajstić information content (AvgIpc) is 3.08. The molecular weight excluding hydrogens is 439 g/mol. The van der Waals surface area contributed by atoms with Crippen LogP contribution in [0.25, 0.3) is 0 Å². The highest BCUT2D eigenvalue weighted by atomic mass is 31.1. The molecule has 2 aliphatic heterocycles. The van der Waals surface area contributed by atoms with Crippen molar-refractivity contribution >= 4 is 14.1 Å². The van der Waals surface area contributed by atoms with Gasteiger partial charge in [0.05, 0.1) is 0 Å². The van der Waals surface area contributed by atoms with E-state index in [0.29, 0.717) is 11.7 Å². The second-order valence-electron chi connectivity index (χ2n) is 7.81. The van der Waals surface area contributed by atoms with E-state index in [2.05, 4.69) is 10.3 Å². The van der Waals surface area contributed by atoms with Gasteiger partial charge in [-0.2, -0.15) is 4.98 Å². The number of aromatic nitrogens is 2. The zero-order chi connectivity index (χ0) is 22.7. The number of ether oxygens (including phenoxy) is 2. The summed E-state index contributed by atoms with van der Waals surface area (Å²) >= 11 is 0. The molecule has 12 heteroatoms. The van der Waals surface area contributed by atoms with E-state index >= 15 is 0 Å². The van der Waals surface area contributed by atoms with Crippen molar-refractivity contribution in [2.45, 2.75) is 43.3 Å². The molecule has 1 aromatic heterocycles. The van der Waals surface area contributed by atoms with Crippen molar-refractivity contribution in [3.8, 4) is 5.75 Å². The molecule has 0 aliphatic carbocycles. The van der Waals surface area contributed by atoms with Gasteiger partial charge in [0.1, 0.15) is 30.4 Å². The molecule has 2 fully saturated rings. The number of nitrogens with two attached hydrogens (primary N) is 1. The van der Waals surface area contributed by atoms with Gasteiger partial charge >= 0.3 is 13.9 Å². The molecule has 2 saturated heterocycles. The van der Waals surface area contributed by atoms with Crippen LogP contribution in [-0.2, 0) is 13.8 Å². The molecule has 5 N–H and O–H groups in total. The van der Waals surface area contributed by atoms with E-state index in [9.17, 15) is 19.4 Å². The van der Waals surface area contributed by atoms with Gasteiger partial charge < -0.3 is 25.6 Å². The van der Waals surface area contributed by atoms with Crippen molar-refractivity contribution in [1.29, 1.82) is 0 Å². The third-order valence-electron chi connectivity index (χ3n) is 5.75. The Labute approximate surface area is 185 Å². The molecule has 0 bridgehead atoms. The first kappa shape index (κ1) is 22.8. The Hall–Kier alpha value is -2.40. The highest BCUT2D eigenvalue weighted by molar-refractivity contribution is 7.32. The van der Waals surface area contributed by atoms with Crippen molar-refractivity contribution in [3.63, 3.8) is 0 Å². The molecule has 5 atom stereocenters. The highest BCUT2D eigenvalue weighted by Crippen LogP contribution is 2.36. The molecule has 32 heavy (non-hydrogen) atoms. The van der Waals surface area contributed by atoms with Crippen LogP contribution >= 0.6 is 8.25 Å². The summed E-state index contributed by atoms with van der Waals surface area (Å²) in [5, 5.41) is 14.0. The number of benzene rings is 1. The summed E-state index contributed by atoms with van der Waals surface area (Å²) in [4.78, 5) is 25.0. The zero-order valence-electron chi connectivity index (χ0n) is 17.2. The molecule has 2 aromatic rings. The normalized spacial score (nSPS) is 26.8. The Bertz CT molecular complexity index is 996. The van der Waals surface area contributed by atoms with Crippen molar-refractivity contribution in [2.24, 2.45) is 0 Å². The maximum Gasteiger partial charge on any atom is 0.695 e. The van der Waals surface area contributed by atoms with Crippen LogP contribution in [0.5, 0.6) is 5.75 Å². The lowest BCUT2D eigenvalue weighted by Crippen LogP contribution is -2.37. The molecule has 11 nitrogen and oxygen atoms in total. The number of hydrogen-bond acceptors (Lipinski definition) is 9. The fraction of sp³-hybridized carbons (Fsp3) is 0.500. The highest BCUT2D eigenvalue weighted by Gasteiger charge is 2.50. The number of rotatable bonds is 7. The topological polar surface area (TPSA) is 158 Å². The third-order valence-corrected chi connectivity index (χ3v) is 6.18. The molecule has 4 rings (SSSR count). The number of aliphatic hydroxyl groups excluding tert-OH is 1. The van der Waals surface area contributed by atoms with E-state index in [-0.39, 0.29) is 12.4 Å². The van der Waals surface area contributed by atoms with Crippen LogP contribution in [0.15, 0.2) is 41.3 Å². The summed E-state index contributed by atoms with van der Waals surface area (Å²) < 4.78 is 28.9. The first-order valence-electron chi connectivity index (χ1n) is 10.4. The summed E-state index contributed by atoms with van der Waals surface area (Å²) in [6, 6.07) is 9.15. The minimum atomic E-state index is -3.02. The third kappa shape index (κ3) is 5.15. The number of anilines is 1. The predicted octanol–water partition coefficient (Wildman–Crippen LogP) is 0.665. The Morgan fingerprint density at radius 1 is 1.25 bits per heavy atom. The lowest BCUT2D eigenvalue weighted by molar-refractivity contribution is -0.0511. The minimum Gasteiger partial charge on any atom is -0.491 e. The predicted molar refractivity (Wildman–Crippen MR) is 114 cm³/mol. The average molecular weight is 465 g/mol. The van der Waals surface area contributed by atoms with Crippen LogP contribution in [0.1, 0.15) is 30.6 Å². The van der Waals surface area contributed by atoms with E-state index in [1.54, 1.807) is 0 Å². The summed E-state index contributed by atoms with van der Waals surface area (Å²) in [6.07, 6.45) is -1.16. The Balaban J connectivity index is 1.45. The molecule has 2 aliphatic rings. The van der Waals surface area contributed by atoms with Crippen molar-refractivity contribution < 1.29 is 28.6 Å². The van der Waals surface area contributed by atoms with Crippen molar-refractivity contribution in [3.05, 3.63) is 52.6 Å². The lowest BCUT2D eigenvalue weighted by atomic mass is 9.90. The second kappa shape index (κ2) is 10.0. The maximum atomic E-state index is 12.1. The molecule has 0 saturated carbocycles. The Morgan fingerprint density at radius 3 is 2.62 bits per heavy atom. The Morgan fingerprint density at radius 2 is 1.97 bits per heavy atom. The van der Waals surface area contributed by atoms with E-state index in [4.69, 9.17) is 19.7 Å². The van der Waals surface area contributed by atoms with Gasteiger partial charge in [0.25, 0.3) is 0 Å². The second-order valence-corrected chi connectivity index (χ2v) is 8.50. The maximum absolute atomic E-state index is 12.1. The van der Waals surface area contributed by atoms with Gasteiger partial charge in [-0.1, -0.05) is 12.1 Å². The minimum absolute atomic E-state index is 0.0257. The number of nitrogens with zero attached hydrogens (tertiary/aromatic N) is 2. The van der Waals surface area contributed by atoms with Gasteiger partial charge in [0.2, 0.25) is 0 Å². The molecule has 172 valence electrons. The molecule has 3 heterocycles. The lowest BCUT2D eigenvalue weighted by Gasteiger charge is -2.23. The van der Waals surface area contributed by atoms with Gasteiger partial charge in [0, 0.05) is 10.8 Å². The number of nitrogens with one attached hydrogen (secondary N) is 1. The van der Waals surface area contributed by atoms with Crippen LogP contribution < -0.4 is 21.5 Å². The number of piperidine rings is 1. The van der Waals surface area contributed by atoms with Gasteiger partial charge in [-0.15, -0.1) is 9.42 Å². The van der Waals surface area contributed by atoms with E-state index in [1.807, 2.05) is 24.3 Å². The summed E-state index contributed by atoms with van der Waals surface area (Å²) in [6.45, 7) is 1.95. The van der Waals surface area contributed by atoms with Gasteiger partial charge in [-0.25, -0.2) is 4.79 Å². The van der Waals surface area contributed by atoms with Crippen LogP contribution in [-0.4, -0.2) is 57.6 Å². The fourth-order valence-electron chi connectivity index (χ4n) is 4.11. The van der Waals surface area contributed by atoms with Crippen LogP contribution in [0.2, 0.25) is 0 Å². The molecule has 1 unspecified atom stereocenters. The van der Waals surface area contributed by atoms with E-state index in [0.717, 1.165) is 30.5 Å². The summed E-state index contributed by atoms with van der Waals surface area (Å²) in [5.74, 6) is 1.13. The first-order chi connectivity index (χ1) is 15.4. The van der Waals surface area contributed by atoms with Gasteiger partial charge in [0.15, 0.2) is 12.3 Å². The molecule has 0 spiro atoms. The molecule has 1 aromatic carbocycles. The smallest absolute Gasteiger partial charge is 0.491 e. The van der Waals surface area contributed by atoms with Gasteiger partial charge in [-0.05, 0) is 55.6 Å². The SMILES string of the molecule is Nc1ccn([C@@H]2O[C@H](COc3ccc(C4CCNCC4)cc3)[C@@H](O[P+](=O)O)[C@H]2O)c(=O)n1. The molecular formula is C20H26N4O7P+. The monoisotopic (exact) mass is 465 g/mol. The van der Waals surface area contributed by atoms with Crippen LogP contribution in [0, 0.1) is 0 Å². The number of hydrogen-bond donors (Lipinski definition) is 4. The number of nitrogen functional groups attached to an aromatic ring is 1. The standard InChI is InChI=1S/C20H25N4O7P/c21-16-7-10-24(20(26)23-16)19-17(25)18(31-32(27)28)15(30-19)11-29-14-3-1-12(2-4-14)13-5-8-22-9-6-13/h1-4,7,10,13,15,17-19,22,25H,5-6,8-9,11H2,(H2-,21,23,26,27,28)/p+1/t15-,17-,18-,19-/m1/s1. The first-order valence-corrected chi connectivity index (χ1v) is 11.5. The van der Waals surface area contributed by atoms with Crippen molar-refractivity contribution in [2.75, 3.05) is 25.4 Å². The largest absolute Gasteiger partial charge is 0.695 e. The summed E-state index contributed by atoms with van der Waals surface area (Å²) in [5.41, 5.74) is 6.03. The van der Waals surface area contributed by atoms with Gasteiger partial charge in [-0.3, -0.25) is 4.57 Å². The quantitative estimate of drug-likeness (QED) is 0.428.